The Morgan fingerprint density at radius 3 is 2.46 bits per heavy atom. The quantitative estimate of drug-likeness (QED) is 0.827. The van der Waals surface area contributed by atoms with E-state index in [1.807, 2.05) is 18.2 Å². The molecule has 0 bridgehead atoms. The minimum Gasteiger partial charge on any atom is -0.349 e. The molecule has 4 rings (SSSR count). The molecular weight excluding hydrogens is 348 g/mol. The highest BCUT2D eigenvalue weighted by Crippen LogP contribution is 2.41. The summed E-state index contributed by atoms with van der Waals surface area (Å²) in [6.45, 7) is 0. The van der Waals surface area contributed by atoms with E-state index >= 15 is 0 Å². The van der Waals surface area contributed by atoms with Gasteiger partial charge in [0.2, 0.25) is 0 Å². The third kappa shape index (κ3) is 4.29. The van der Waals surface area contributed by atoms with Gasteiger partial charge in [-0.25, -0.2) is 8.42 Å². The van der Waals surface area contributed by atoms with Crippen LogP contribution in [-0.2, 0) is 9.84 Å². The lowest BCUT2D eigenvalue weighted by Gasteiger charge is -2.23. The molecule has 3 fully saturated rings. The lowest BCUT2D eigenvalue weighted by molar-refractivity contribution is 0.0937. The van der Waals surface area contributed by atoms with Gasteiger partial charge in [-0.15, -0.1) is 0 Å². The maximum Gasteiger partial charge on any atom is 0.251 e. The highest BCUT2D eigenvalue weighted by atomic mass is 32.2. The van der Waals surface area contributed by atoms with Crippen LogP contribution in [0.15, 0.2) is 24.3 Å². The molecule has 6 heteroatoms. The van der Waals surface area contributed by atoms with Crippen LogP contribution < -0.4 is 10.6 Å². The average molecular weight is 377 g/mol. The first-order valence-corrected chi connectivity index (χ1v) is 11.7. The molecule has 0 unspecified atom stereocenters. The first-order chi connectivity index (χ1) is 12.5. The molecule has 2 N–H and O–H groups in total. The smallest absolute Gasteiger partial charge is 0.251 e. The normalized spacial score (nSPS) is 28.8. The van der Waals surface area contributed by atoms with Gasteiger partial charge in [0, 0.05) is 29.6 Å². The molecule has 2 aliphatic carbocycles. The van der Waals surface area contributed by atoms with E-state index in [2.05, 4.69) is 16.7 Å². The third-order valence-corrected chi connectivity index (χ3v) is 7.78. The Morgan fingerprint density at radius 1 is 1.00 bits per heavy atom. The lowest BCUT2D eigenvalue weighted by atomic mass is 10.1. The van der Waals surface area contributed by atoms with E-state index in [1.165, 1.54) is 18.4 Å². The maximum atomic E-state index is 12.5. The molecule has 1 saturated heterocycles. The zero-order chi connectivity index (χ0) is 18.1. The van der Waals surface area contributed by atoms with Crippen molar-refractivity contribution in [3.05, 3.63) is 35.4 Å². The summed E-state index contributed by atoms with van der Waals surface area (Å²) < 4.78 is 23.1. The molecular formula is C20H28N2O3S. The minimum absolute atomic E-state index is 0.0430. The van der Waals surface area contributed by atoms with Gasteiger partial charge in [0.05, 0.1) is 11.5 Å². The average Bonchev–Trinajstić information content (AvgIpc) is 3.20. The van der Waals surface area contributed by atoms with E-state index in [4.69, 9.17) is 0 Å². The van der Waals surface area contributed by atoms with Crippen molar-refractivity contribution in [3.8, 4) is 0 Å². The highest BCUT2D eigenvalue weighted by molar-refractivity contribution is 7.91. The fraction of sp³-hybridized carbons (Fsp3) is 0.650. The SMILES string of the molecule is O=C(NC1CCCC1)c1cccc([C@@H]2C[C@H]2NC2CCS(=O)(=O)CC2)c1. The van der Waals surface area contributed by atoms with E-state index in [0.717, 1.165) is 37.7 Å². The Kier molecular flexibility index (Phi) is 5.06. The molecule has 0 aromatic heterocycles. The standard InChI is InChI=1S/C20H28N2O3S/c23-20(22-16-6-1-2-7-16)15-5-3-4-14(12-15)18-13-19(18)21-17-8-10-26(24,25)11-9-17/h3-5,12,16-19,21H,1-2,6-11,13H2,(H,22,23)/t18-,19+/m0/s1. The summed E-state index contributed by atoms with van der Waals surface area (Å²) in [4.78, 5) is 12.5. The van der Waals surface area contributed by atoms with Crippen molar-refractivity contribution in [2.45, 2.75) is 69.0 Å². The number of nitrogens with one attached hydrogen (secondary N) is 2. The van der Waals surface area contributed by atoms with Crippen LogP contribution >= 0.6 is 0 Å². The predicted octanol–water partition coefficient (Wildman–Crippen LogP) is 2.38. The van der Waals surface area contributed by atoms with Crippen LogP contribution in [0, 0.1) is 0 Å². The first kappa shape index (κ1) is 18.0. The minimum atomic E-state index is -2.81. The molecule has 5 nitrogen and oxygen atoms in total. The number of carbonyl (C=O) groups is 1. The van der Waals surface area contributed by atoms with Gasteiger partial charge in [-0.1, -0.05) is 25.0 Å². The molecule has 2 atom stereocenters. The van der Waals surface area contributed by atoms with Gasteiger partial charge in [-0.2, -0.15) is 0 Å². The van der Waals surface area contributed by atoms with Crippen LogP contribution in [0.3, 0.4) is 0 Å². The van der Waals surface area contributed by atoms with Crippen molar-refractivity contribution >= 4 is 15.7 Å². The maximum absolute atomic E-state index is 12.5. The van der Waals surface area contributed by atoms with Crippen LogP contribution in [0.2, 0.25) is 0 Å². The second-order valence-electron chi connectivity index (χ2n) is 8.12. The number of hydrogen-bond donors (Lipinski definition) is 2. The summed E-state index contributed by atoms with van der Waals surface area (Å²) in [5.74, 6) is 1.09. The summed E-state index contributed by atoms with van der Waals surface area (Å²) in [6.07, 6.45) is 7.11. The monoisotopic (exact) mass is 376 g/mol. The van der Waals surface area contributed by atoms with Crippen molar-refractivity contribution < 1.29 is 13.2 Å². The van der Waals surface area contributed by atoms with Crippen molar-refractivity contribution in [2.24, 2.45) is 0 Å². The molecule has 2 saturated carbocycles. The number of hydrogen-bond acceptors (Lipinski definition) is 4. The van der Waals surface area contributed by atoms with Gasteiger partial charge in [0.1, 0.15) is 9.84 Å². The fourth-order valence-electron chi connectivity index (χ4n) is 4.36. The Balaban J connectivity index is 1.32. The van der Waals surface area contributed by atoms with Crippen LogP contribution in [0.25, 0.3) is 0 Å². The van der Waals surface area contributed by atoms with E-state index in [1.54, 1.807) is 0 Å². The number of carbonyl (C=O) groups excluding carboxylic acids is 1. The van der Waals surface area contributed by atoms with Crippen LogP contribution in [0.4, 0.5) is 0 Å². The van der Waals surface area contributed by atoms with Crippen LogP contribution in [-0.4, -0.2) is 44.0 Å². The largest absolute Gasteiger partial charge is 0.349 e. The van der Waals surface area contributed by atoms with Crippen molar-refractivity contribution in [2.75, 3.05) is 11.5 Å². The lowest BCUT2D eigenvalue weighted by Crippen LogP contribution is -2.39. The van der Waals surface area contributed by atoms with Crippen molar-refractivity contribution in [1.29, 1.82) is 0 Å². The topological polar surface area (TPSA) is 75.3 Å². The molecule has 1 aromatic rings. The fourth-order valence-corrected chi connectivity index (χ4v) is 5.85. The molecule has 1 aliphatic heterocycles. The highest BCUT2D eigenvalue weighted by Gasteiger charge is 2.40. The second-order valence-corrected chi connectivity index (χ2v) is 10.4. The van der Waals surface area contributed by atoms with E-state index < -0.39 is 9.84 Å². The van der Waals surface area contributed by atoms with E-state index in [9.17, 15) is 13.2 Å². The number of benzene rings is 1. The molecule has 26 heavy (non-hydrogen) atoms. The van der Waals surface area contributed by atoms with Gasteiger partial charge in [0.15, 0.2) is 0 Å². The molecule has 0 radical (unpaired) electrons. The third-order valence-electron chi connectivity index (χ3n) is 6.06. The molecule has 1 amide bonds. The van der Waals surface area contributed by atoms with Gasteiger partial charge < -0.3 is 10.6 Å². The number of amides is 1. The Labute approximate surface area is 155 Å². The van der Waals surface area contributed by atoms with Gasteiger partial charge in [-0.3, -0.25) is 4.79 Å². The number of sulfone groups is 1. The first-order valence-electron chi connectivity index (χ1n) is 9.87. The van der Waals surface area contributed by atoms with Gasteiger partial charge in [-0.05, 0) is 49.8 Å². The van der Waals surface area contributed by atoms with Crippen LogP contribution in [0.5, 0.6) is 0 Å². The second kappa shape index (κ2) is 7.31. The summed E-state index contributed by atoms with van der Waals surface area (Å²) in [5, 5.41) is 6.78. The van der Waals surface area contributed by atoms with E-state index in [-0.39, 0.29) is 5.91 Å². The van der Waals surface area contributed by atoms with Crippen LogP contribution in [0.1, 0.15) is 66.8 Å². The van der Waals surface area contributed by atoms with Gasteiger partial charge in [0.25, 0.3) is 5.91 Å². The molecule has 142 valence electrons. The summed E-state index contributed by atoms with van der Waals surface area (Å²) in [6, 6.07) is 9.05. The zero-order valence-corrected chi connectivity index (χ0v) is 15.9. The summed E-state index contributed by atoms with van der Waals surface area (Å²) in [5.41, 5.74) is 1.97. The molecule has 3 aliphatic rings. The van der Waals surface area contributed by atoms with Crippen molar-refractivity contribution in [3.63, 3.8) is 0 Å². The number of rotatable bonds is 5. The zero-order valence-electron chi connectivity index (χ0n) is 15.1. The molecule has 1 aromatic carbocycles. The van der Waals surface area contributed by atoms with Crippen molar-refractivity contribution in [1.82, 2.24) is 10.6 Å². The Hall–Kier alpha value is -1.40. The summed E-state index contributed by atoms with van der Waals surface area (Å²) >= 11 is 0. The molecule has 1 heterocycles. The Morgan fingerprint density at radius 2 is 1.73 bits per heavy atom. The predicted molar refractivity (Wildman–Crippen MR) is 102 cm³/mol. The summed E-state index contributed by atoms with van der Waals surface area (Å²) in [7, 11) is -2.81. The van der Waals surface area contributed by atoms with Gasteiger partial charge >= 0.3 is 0 Å². The Bertz CT molecular complexity index is 757. The molecule has 0 spiro atoms. The van der Waals surface area contributed by atoms with E-state index in [0.29, 0.717) is 35.5 Å².